The lowest BCUT2D eigenvalue weighted by atomic mass is 9.81. The second kappa shape index (κ2) is 4.61. The van der Waals surface area contributed by atoms with E-state index in [1.165, 1.54) is 11.1 Å². The first kappa shape index (κ1) is 11.3. The Kier molecular flexibility index (Phi) is 3.70. The van der Waals surface area contributed by atoms with Crippen molar-refractivity contribution in [3.05, 3.63) is 35.4 Å². The average Bonchev–Trinajstić information content (AvgIpc) is 2.18. The molecule has 0 radical (unpaired) electrons. The van der Waals surface area contributed by atoms with Crippen LogP contribution in [0.15, 0.2) is 24.3 Å². The van der Waals surface area contributed by atoms with Crippen molar-refractivity contribution in [2.75, 3.05) is 6.54 Å². The molecule has 0 fully saturated rings. The van der Waals surface area contributed by atoms with Crippen LogP contribution in [-0.4, -0.2) is 6.54 Å². The molecule has 14 heavy (non-hydrogen) atoms. The van der Waals surface area contributed by atoms with E-state index in [-0.39, 0.29) is 5.41 Å². The maximum atomic E-state index is 5.62. The predicted molar refractivity (Wildman–Crippen MR) is 62.5 cm³/mol. The number of hydrogen-bond donors (Lipinski definition) is 1. The van der Waals surface area contributed by atoms with Crippen molar-refractivity contribution < 1.29 is 0 Å². The van der Waals surface area contributed by atoms with E-state index >= 15 is 0 Å². The van der Waals surface area contributed by atoms with Gasteiger partial charge in [0.2, 0.25) is 0 Å². The lowest BCUT2D eigenvalue weighted by molar-refractivity contribution is 0.487. The molecular formula is C13H21N. The molecule has 0 spiro atoms. The molecule has 0 saturated carbocycles. The molecule has 1 nitrogen and oxygen atoms in total. The third-order valence-electron chi connectivity index (χ3n) is 2.89. The Morgan fingerprint density at radius 1 is 1.29 bits per heavy atom. The summed E-state index contributed by atoms with van der Waals surface area (Å²) in [5.74, 6) is 0. The third kappa shape index (κ3) is 2.58. The smallest absolute Gasteiger partial charge is 0.00690 e. The Balaban J connectivity index is 2.93. The largest absolute Gasteiger partial charge is 0.330 e. The molecule has 0 aliphatic heterocycles. The molecule has 0 unspecified atom stereocenters. The third-order valence-corrected chi connectivity index (χ3v) is 2.89. The van der Waals surface area contributed by atoms with Crippen LogP contribution in [0.1, 0.15) is 38.3 Å². The summed E-state index contributed by atoms with van der Waals surface area (Å²) >= 11 is 0. The summed E-state index contributed by atoms with van der Waals surface area (Å²) in [5.41, 5.74) is 8.65. The van der Waals surface area contributed by atoms with Gasteiger partial charge in [-0.05, 0) is 35.9 Å². The highest BCUT2D eigenvalue weighted by Crippen LogP contribution is 2.26. The summed E-state index contributed by atoms with van der Waals surface area (Å²) < 4.78 is 0. The fraction of sp³-hybridized carbons (Fsp3) is 0.538. The molecule has 0 aliphatic rings. The van der Waals surface area contributed by atoms with Gasteiger partial charge in [-0.3, -0.25) is 0 Å². The highest BCUT2D eigenvalue weighted by Gasteiger charge is 2.19. The number of aryl methyl sites for hydroxylation is 1. The summed E-state index contributed by atoms with van der Waals surface area (Å²) in [4.78, 5) is 0. The van der Waals surface area contributed by atoms with Crippen molar-refractivity contribution in [1.82, 2.24) is 0 Å². The molecule has 78 valence electrons. The van der Waals surface area contributed by atoms with E-state index < -0.39 is 0 Å². The molecule has 0 atom stereocenters. The van der Waals surface area contributed by atoms with Crippen LogP contribution in [0.5, 0.6) is 0 Å². The Morgan fingerprint density at radius 2 is 2.00 bits per heavy atom. The maximum absolute atomic E-state index is 5.62. The molecule has 1 aromatic carbocycles. The lowest BCUT2D eigenvalue weighted by Crippen LogP contribution is -2.21. The van der Waals surface area contributed by atoms with Crippen LogP contribution in [0, 0.1) is 0 Å². The van der Waals surface area contributed by atoms with Crippen molar-refractivity contribution in [2.45, 2.75) is 39.0 Å². The summed E-state index contributed by atoms with van der Waals surface area (Å²) in [5, 5.41) is 0. The van der Waals surface area contributed by atoms with Crippen molar-refractivity contribution in [2.24, 2.45) is 5.73 Å². The minimum absolute atomic E-state index is 0.208. The van der Waals surface area contributed by atoms with Crippen LogP contribution < -0.4 is 5.73 Å². The Hall–Kier alpha value is -0.820. The highest BCUT2D eigenvalue weighted by molar-refractivity contribution is 5.29. The summed E-state index contributed by atoms with van der Waals surface area (Å²) in [6.07, 6.45) is 2.15. The molecule has 1 aromatic rings. The zero-order valence-electron chi connectivity index (χ0n) is 9.51. The van der Waals surface area contributed by atoms with Gasteiger partial charge in [-0.1, -0.05) is 45.0 Å². The van der Waals surface area contributed by atoms with Gasteiger partial charge >= 0.3 is 0 Å². The second-order valence-electron chi connectivity index (χ2n) is 4.48. The number of nitrogens with two attached hydrogens (primary N) is 1. The average molecular weight is 191 g/mol. The lowest BCUT2D eigenvalue weighted by Gasteiger charge is -2.25. The maximum Gasteiger partial charge on any atom is -0.00690 e. The molecule has 1 rings (SSSR count). The van der Waals surface area contributed by atoms with Crippen molar-refractivity contribution in [3.63, 3.8) is 0 Å². The highest BCUT2D eigenvalue weighted by atomic mass is 14.5. The van der Waals surface area contributed by atoms with Gasteiger partial charge in [0.15, 0.2) is 0 Å². The van der Waals surface area contributed by atoms with Crippen LogP contribution in [0.2, 0.25) is 0 Å². The number of benzene rings is 1. The van der Waals surface area contributed by atoms with E-state index in [2.05, 4.69) is 45.0 Å². The second-order valence-corrected chi connectivity index (χ2v) is 4.48. The SMILES string of the molecule is CCc1cccc(C(C)(C)CCN)c1. The van der Waals surface area contributed by atoms with E-state index in [1.807, 2.05) is 0 Å². The van der Waals surface area contributed by atoms with Gasteiger partial charge < -0.3 is 5.73 Å². The first-order valence-corrected chi connectivity index (χ1v) is 5.39. The van der Waals surface area contributed by atoms with Crippen LogP contribution in [0.3, 0.4) is 0 Å². The van der Waals surface area contributed by atoms with E-state index in [0.29, 0.717) is 0 Å². The van der Waals surface area contributed by atoms with Gasteiger partial charge in [0.1, 0.15) is 0 Å². The van der Waals surface area contributed by atoms with Crippen LogP contribution in [-0.2, 0) is 11.8 Å². The molecule has 0 aromatic heterocycles. The topological polar surface area (TPSA) is 26.0 Å². The Bertz CT molecular complexity index is 289. The zero-order valence-corrected chi connectivity index (χ0v) is 9.51. The molecule has 0 saturated heterocycles. The van der Waals surface area contributed by atoms with Crippen LogP contribution >= 0.6 is 0 Å². The van der Waals surface area contributed by atoms with Crippen LogP contribution in [0.4, 0.5) is 0 Å². The Labute approximate surface area is 87.3 Å². The van der Waals surface area contributed by atoms with Gasteiger partial charge in [0.05, 0.1) is 0 Å². The van der Waals surface area contributed by atoms with Gasteiger partial charge in [-0.25, -0.2) is 0 Å². The molecule has 1 heteroatoms. The van der Waals surface area contributed by atoms with E-state index in [4.69, 9.17) is 5.73 Å². The molecule has 0 heterocycles. The normalized spacial score (nSPS) is 11.7. The van der Waals surface area contributed by atoms with E-state index in [1.54, 1.807) is 0 Å². The summed E-state index contributed by atoms with van der Waals surface area (Å²) in [6.45, 7) is 7.46. The number of hydrogen-bond acceptors (Lipinski definition) is 1. The minimum atomic E-state index is 0.208. The van der Waals surface area contributed by atoms with E-state index in [9.17, 15) is 0 Å². The monoisotopic (exact) mass is 191 g/mol. The molecule has 0 amide bonds. The fourth-order valence-electron chi connectivity index (χ4n) is 1.72. The molecule has 0 bridgehead atoms. The molecular weight excluding hydrogens is 170 g/mol. The first-order chi connectivity index (χ1) is 6.60. The van der Waals surface area contributed by atoms with Gasteiger partial charge in [0, 0.05) is 0 Å². The summed E-state index contributed by atoms with van der Waals surface area (Å²) in [6, 6.07) is 8.83. The zero-order chi connectivity index (χ0) is 10.6. The summed E-state index contributed by atoms with van der Waals surface area (Å²) in [7, 11) is 0. The first-order valence-electron chi connectivity index (χ1n) is 5.39. The van der Waals surface area contributed by atoms with Crippen molar-refractivity contribution in [1.29, 1.82) is 0 Å². The van der Waals surface area contributed by atoms with Gasteiger partial charge in [0.25, 0.3) is 0 Å². The minimum Gasteiger partial charge on any atom is -0.330 e. The molecule has 0 aliphatic carbocycles. The standard InChI is InChI=1S/C13H21N/c1-4-11-6-5-7-12(10-11)13(2,3)8-9-14/h5-7,10H,4,8-9,14H2,1-3H3. The van der Waals surface area contributed by atoms with Crippen molar-refractivity contribution in [3.8, 4) is 0 Å². The fourth-order valence-corrected chi connectivity index (χ4v) is 1.72. The van der Waals surface area contributed by atoms with Crippen molar-refractivity contribution >= 4 is 0 Å². The van der Waals surface area contributed by atoms with E-state index in [0.717, 1.165) is 19.4 Å². The molecule has 2 N–H and O–H groups in total. The quantitative estimate of drug-likeness (QED) is 0.778. The predicted octanol–water partition coefficient (Wildman–Crippen LogP) is 2.88. The number of rotatable bonds is 4. The Morgan fingerprint density at radius 3 is 2.57 bits per heavy atom. The van der Waals surface area contributed by atoms with Gasteiger partial charge in [-0.15, -0.1) is 0 Å². The van der Waals surface area contributed by atoms with Crippen LogP contribution in [0.25, 0.3) is 0 Å². The van der Waals surface area contributed by atoms with Gasteiger partial charge in [-0.2, -0.15) is 0 Å².